The molecule has 0 amide bonds. The van der Waals surface area contributed by atoms with Crippen LogP contribution in [0.2, 0.25) is 0 Å². The van der Waals surface area contributed by atoms with Crippen molar-refractivity contribution in [2.75, 3.05) is 12.4 Å². The van der Waals surface area contributed by atoms with E-state index in [0.29, 0.717) is 11.4 Å². The minimum atomic E-state index is -4.59. The molecule has 2 nitrogen and oxygen atoms in total. The van der Waals surface area contributed by atoms with Crippen LogP contribution in [0.25, 0.3) is 0 Å². The average molecular weight is 236 g/mol. The summed E-state index contributed by atoms with van der Waals surface area (Å²) >= 11 is 1.25. The highest BCUT2D eigenvalue weighted by Crippen LogP contribution is 2.32. The van der Waals surface area contributed by atoms with E-state index in [9.17, 15) is 13.2 Å². The summed E-state index contributed by atoms with van der Waals surface area (Å²) in [6.45, 7) is 1.87. The van der Waals surface area contributed by atoms with Crippen molar-refractivity contribution in [2.24, 2.45) is 0 Å². The van der Waals surface area contributed by atoms with Crippen LogP contribution in [0.15, 0.2) is 6.07 Å². The SMILES string of the molecule is CCc1cc(C(=N)C(F)(F)F)c(NC)s1. The monoisotopic (exact) mass is 236 g/mol. The fraction of sp³-hybridized carbons (Fsp3) is 0.444. The Labute approximate surface area is 89.6 Å². The summed E-state index contributed by atoms with van der Waals surface area (Å²) in [4.78, 5) is 0.836. The van der Waals surface area contributed by atoms with Crippen molar-refractivity contribution < 1.29 is 13.2 Å². The molecule has 0 spiro atoms. The first-order valence-corrected chi connectivity index (χ1v) is 5.18. The maximum atomic E-state index is 12.3. The van der Waals surface area contributed by atoms with Gasteiger partial charge in [-0.2, -0.15) is 13.2 Å². The Morgan fingerprint density at radius 1 is 1.53 bits per heavy atom. The van der Waals surface area contributed by atoms with E-state index in [0.717, 1.165) is 4.88 Å². The van der Waals surface area contributed by atoms with E-state index in [2.05, 4.69) is 5.32 Å². The largest absolute Gasteiger partial charge is 0.433 e. The molecule has 1 aromatic rings. The first-order chi connectivity index (χ1) is 6.90. The van der Waals surface area contributed by atoms with Gasteiger partial charge < -0.3 is 5.32 Å². The molecule has 0 bridgehead atoms. The lowest BCUT2D eigenvalue weighted by molar-refractivity contribution is -0.0587. The molecule has 84 valence electrons. The summed E-state index contributed by atoms with van der Waals surface area (Å²) in [5.41, 5.74) is -1.35. The molecule has 0 aliphatic carbocycles. The maximum Gasteiger partial charge on any atom is 0.433 e. The molecule has 2 N–H and O–H groups in total. The Morgan fingerprint density at radius 2 is 2.13 bits per heavy atom. The molecule has 0 saturated heterocycles. The lowest BCUT2D eigenvalue weighted by Gasteiger charge is -2.08. The van der Waals surface area contributed by atoms with Crippen LogP contribution in [-0.4, -0.2) is 18.9 Å². The van der Waals surface area contributed by atoms with Crippen molar-refractivity contribution in [3.63, 3.8) is 0 Å². The number of alkyl halides is 3. The van der Waals surface area contributed by atoms with Crippen LogP contribution in [0.1, 0.15) is 17.4 Å². The Hall–Kier alpha value is -1.04. The highest BCUT2D eigenvalue weighted by Gasteiger charge is 2.37. The second-order valence-electron chi connectivity index (χ2n) is 2.93. The highest BCUT2D eigenvalue weighted by molar-refractivity contribution is 7.16. The summed E-state index contributed by atoms with van der Waals surface area (Å²) < 4.78 is 37.0. The van der Waals surface area contributed by atoms with Gasteiger partial charge in [0.15, 0.2) is 0 Å². The van der Waals surface area contributed by atoms with Crippen molar-refractivity contribution in [3.8, 4) is 0 Å². The van der Waals surface area contributed by atoms with Crippen molar-refractivity contribution in [3.05, 3.63) is 16.5 Å². The number of anilines is 1. The zero-order valence-corrected chi connectivity index (χ0v) is 9.14. The third-order valence-corrected chi connectivity index (χ3v) is 3.21. The van der Waals surface area contributed by atoms with E-state index in [1.165, 1.54) is 17.4 Å². The van der Waals surface area contributed by atoms with Gasteiger partial charge in [-0.15, -0.1) is 11.3 Å². The predicted molar refractivity (Wildman–Crippen MR) is 56.1 cm³/mol. The summed E-state index contributed by atoms with van der Waals surface area (Å²) in [5, 5.41) is 10.1. The quantitative estimate of drug-likeness (QED) is 0.776. The molecule has 0 atom stereocenters. The zero-order chi connectivity index (χ0) is 11.6. The minimum Gasteiger partial charge on any atom is -0.379 e. The van der Waals surface area contributed by atoms with Crippen LogP contribution < -0.4 is 5.32 Å². The Balaban J connectivity index is 3.13. The summed E-state index contributed by atoms with van der Waals surface area (Å²) in [6, 6.07) is 1.42. The number of thiophene rings is 1. The first kappa shape index (κ1) is 12.0. The highest BCUT2D eigenvalue weighted by atomic mass is 32.1. The number of hydrogen-bond donors (Lipinski definition) is 2. The van der Waals surface area contributed by atoms with Crippen LogP contribution in [0.5, 0.6) is 0 Å². The van der Waals surface area contributed by atoms with Gasteiger partial charge in [-0.25, -0.2) is 0 Å². The van der Waals surface area contributed by atoms with Crippen LogP contribution in [0, 0.1) is 5.41 Å². The normalized spacial score (nSPS) is 11.5. The Kier molecular flexibility index (Phi) is 3.38. The fourth-order valence-electron chi connectivity index (χ4n) is 1.14. The number of rotatable bonds is 3. The van der Waals surface area contributed by atoms with Crippen LogP contribution in [-0.2, 0) is 6.42 Å². The van der Waals surface area contributed by atoms with Crippen LogP contribution >= 0.6 is 11.3 Å². The van der Waals surface area contributed by atoms with E-state index in [1.54, 1.807) is 7.05 Å². The number of aryl methyl sites for hydroxylation is 1. The van der Waals surface area contributed by atoms with Gasteiger partial charge in [-0.1, -0.05) is 6.92 Å². The number of hydrogen-bond acceptors (Lipinski definition) is 3. The molecule has 15 heavy (non-hydrogen) atoms. The smallest absolute Gasteiger partial charge is 0.379 e. The van der Waals surface area contributed by atoms with Crippen molar-refractivity contribution in [1.82, 2.24) is 0 Å². The molecular formula is C9H11F3N2S. The molecule has 0 aliphatic rings. The topological polar surface area (TPSA) is 35.9 Å². The Bertz CT molecular complexity index is 368. The molecule has 0 aromatic carbocycles. The van der Waals surface area contributed by atoms with E-state index in [-0.39, 0.29) is 5.56 Å². The van der Waals surface area contributed by atoms with Gasteiger partial charge in [-0.05, 0) is 12.5 Å². The fourth-order valence-corrected chi connectivity index (χ4v) is 2.10. The second kappa shape index (κ2) is 4.22. The third-order valence-electron chi connectivity index (χ3n) is 1.91. The van der Waals surface area contributed by atoms with Gasteiger partial charge in [0.1, 0.15) is 5.71 Å². The molecule has 1 heterocycles. The zero-order valence-electron chi connectivity index (χ0n) is 8.33. The molecule has 0 fully saturated rings. The maximum absolute atomic E-state index is 12.3. The number of nitrogens with one attached hydrogen (secondary N) is 2. The molecule has 6 heteroatoms. The van der Waals surface area contributed by atoms with E-state index >= 15 is 0 Å². The second-order valence-corrected chi connectivity index (χ2v) is 4.07. The van der Waals surface area contributed by atoms with Gasteiger partial charge in [0.2, 0.25) is 0 Å². The van der Waals surface area contributed by atoms with E-state index in [4.69, 9.17) is 5.41 Å². The third kappa shape index (κ3) is 2.50. The van der Waals surface area contributed by atoms with Gasteiger partial charge in [0.05, 0.1) is 5.00 Å². The Morgan fingerprint density at radius 3 is 2.53 bits per heavy atom. The first-order valence-electron chi connectivity index (χ1n) is 4.36. The molecule has 0 saturated carbocycles. The van der Waals surface area contributed by atoms with Gasteiger partial charge in [-0.3, -0.25) is 5.41 Å². The molecule has 1 aromatic heterocycles. The van der Waals surface area contributed by atoms with Crippen molar-refractivity contribution in [2.45, 2.75) is 19.5 Å². The average Bonchev–Trinajstić information content (AvgIpc) is 2.57. The molecule has 0 aliphatic heterocycles. The van der Waals surface area contributed by atoms with Crippen molar-refractivity contribution >= 4 is 22.0 Å². The predicted octanol–water partition coefficient (Wildman–Crippen LogP) is 3.28. The summed E-state index contributed by atoms with van der Waals surface area (Å²) in [7, 11) is 1.55. The van der Waals surface area contributed by atoms with Gasteiger partial charge >= 0.3 is 6.18 Å². The molecule has 0 radical (unpaired) electrons. The lowest BCUT2D eigenvalue weighted by Crippen LogP contribution is -2.23. The molecule has 0 unspecified atom stereocenters. The standard InChI is InChI=1S/C9H11F3N2S/c1-3-5-4-6(8(14-2)15-5)7(13)9(10,11)12/h4,13-14H,3H2,1-2H3. The minimum absolute atomic E-state index is 0.0631. The molecule has 1 rings (SSSR count). The van der Waals surface area contributed by atoms with Crippen LogP contribution in [0.3, 0.4) is 0 Å². The van der Waals surface area contributed by atoms with E-state index in [1.807, 2.05) is 6.92 Å². The summed E-state index contributed by atoms with van der Waals surface area (Å²) in [5.74, 6) is 0. The van der Waals surface area contributed by atoms with Gasteiger partial charge in [0.25, 0.3) is 0 Å². The molecular weight excluding hydrogens is 225 g/mol. The van der Waals surface area contributed by atoms with Gasteiger partial charge in [0, 0.05) is 17.5 Å². The number of halogens is 3. The van der Waals surface area contributed by atoms with Crippen LogP contribution in [0.4, 0.5) is 18.2 Å². The van der Waals surface area contributed by atoms with Crippen molar-refractivity contribution in [1.29, 1.82) is 5.41 Å². The summed E-state index contributed by atoms with van der Waals surface area (Å²) in [6.07, 6.45) is -3.91. The van der Waals surface area contributed by atoms with E-state index < -0.39 is 11.9 Å². The lowest BCUT2D eigenvalue weighted by atomic mass is 10.1.